The molecule has 0 saturated heterocycles. The Morgan fingerprint density at radius 1 is 1.19 bits per heavy atom. The highest BCUT2D eigenvalue weighted by atomic mass is 35.5. The second kappa shape index (κ2) is 8.42. The Hall–Kier alpha value is -3.74. The molecular weight excluding hydrogens is 451 g/mol. The van der Waals surface area contributed by atoms with Crippen molar-refractivity contribution in [3.05, 3.63) is 74.3 Å². The van der Waals surface area contributed by atoms with Crippen LogP contribution in [0.15, 0.2) is 41.5 Å². The van der Waals surface area contributed by atoms with Crippen molar-refractivity contribution in [2.45, 2.75) is 19.9 Å². The Morgan fingerprint density at radius 2 is 1.94 bits per heavy atom. The maximum absolute atomic E-state index is 13.5. The van der Waals surface area contributed by atoms with Gasteiger partial charge in [-0.05, 0) is 38.1 Å². The van der Waals surface area contributed by atoms with Crippen molar-refractivity contribution in [2.24, 2.45) is 0 Å². The number of pyridine rings is 1. The van der Waals surface area contributed by atoms with Gasteiger partial charge in [0.05, 0.1) is 38.9 Å². The molecule has 0 unspecified atom stereocenters. The zero-order chi connectivity index (χ0) is 23.0. The van der Waals surface area contributed by atoms with Crippen LogP contribution in [0.5, 0.6) is 0 Å². The van der Waals surface area contributed by atoms with Gasteiger partial charge in [0.2, 0.25) is 0 Å². The van der Waals surface area contributed by atoms with Gasteiger partial charge in [0.25, 0.3) is 5.56 Å². The molecule has 3 aromatic heterocycles. The number of hydrogen-bond acceptors (Lipinski definition) is 8. The molecular formula is C21H16Cl2N8O. The highest BCUT2D eigenvalue weighted by molar-refractivity contribution is 6.39. The molecule has 0 fully saturated rings. The largest absolute Gasteiger partial charge is 0.382 e. The van der Waals surface area contributed by atoms with Crippen molar-refractivity contribution in [1.29, 1.82) is 5.26 Å². The number of nitrogens with one attached hydrogen (secondary N) is 1. The van der Waals surface area contributed by atoms with E-state index in [0.29, 0.717) is 17.3 Å². The summed E-state index contributed by atoms with van der Waals surface area (Å²) in [5.41, 5.74) is 6.33. The number of benzene rings is 1. The normalized spacial score (nSPS) is 11.8. The summed E-state index contributed by atoms with van der Waals surface area (Å²) in [6, 6.07) is 7.97. The average molecular weight is 467 g/mol. The lowest BCUT2D eigenvalue weighted by molar-refractivity contribution is 0.728. The smallest absolute Gasteiger partial charge is 0.267 e. The lowest BCUT2D eigenvalue weighted by Crippen LogP contribution is -2.28. The van der Waals surface area contributed by atoms with Crippen LogP contribution in [0.1, 0.15) is 30.2 Å². The highest BCUT2D eigenvalue weighted by Crippen LogP contribution is 2.29. The number of nitrogens with zero attached hydrogens (tertiary/aromatic N) is 6. The van der Waals surface area contributed by atoms with E-state index in [0.717, 1.165) is 0 Å². The van der Waals surface area contributed by atoms with Gasteiger partial charge in [0.1, 0.15) is 29.1 Å². The zero-order valence-electron chi connectivity index (χ0n) is 17.0. The van der Waals surface area contributed by atoms with Crippen molar-refractivity contribution in [3.63, 3.8) is 0 Å². The molecule has 0 aliphatic heterocycles. The minimum Gasteiger partial charge on any atom is -0.382 e. The molecule has 0 bridgehead atoms. The van der Waals surface area contributed by atoms with Gasteiger partial charge in [-0.2, -0.15) is 5.26 Å². The SMILES string of the molecule is Cc1nc(N)c(C#N)c(N[C@@H](C)c2nc3c(Cl)ccc(Cl)c3c(=O)n2-c2cccnc2)n1. The minimum absolute atomic E-state index is 0.0562. The summed E-state index contributed by atoms with van der Waals surface area (Å²) >= 11 is 12.7. The molecule has 0 spiro atoms. The fraction of sp³-hybridized carbons (Fsp3) is 0.143. The van der Waals surface area contributed by atoms with Gasteiger partial charge < -0.3 is 11.1 Å². The Labute approximate surface area is 192 Å². The molecule has 160 valence electrons. The number of nitrogen functional groups attached to an aromatic ring is 1. The summed E-state index contributed by atoms with van der Waals surface area (Å²) in [4.78, 5) is 30.6. The Kier molecular flexibility index (Phi) is 5.65. The molecule has 0 aliphatic rings. The maximum Gasteiger partial charge on any atom is 0.267 e. The van der Waals surface area contributed by atoms with Gasteiger partial charge in [0, 0.05) is 6.20 Å². The van der Waals surface area contributed by atoms with E-state index in [1.54, 1.807) is 44.3 Å². The quantitative estimate of drug-likeness (QED) is 0.463. The fourth-order valence-electron chi connectivity index (χ4n) is 3.34. The van der Waals surface area contributed by atoms with Gasteiger partial charge >= 0.3 is 0 Å². The van der Waals surface area contributed by atoms with Crippen LogP contribution in [0.4, 0.5) is 11.6 Å². The van der Waals surface area contributed by atoms with Gasteiger partial charge in [-0.1, -0.05) is 23.2 Å². The first kappa shape index (κ1) is 21.5. The molecule has 0 saturated carbocycles. The third-order valence-corrected chi connectivity index (χ3v) is 5.38. The molecule has 3 heterocycles. The number of hydrogen-bond donors (Lipinski definition) is 2. The van der Waals surface area contributed by atoms with Crippen LogP contribution in [0.2, 0.25) is 10.0 Å². The van der Waals surface area contributed by atoms with Crippen LogP contribution in [0, 0.1) is 18.3 Å². The number of fused-ring (bicyclic) bond motifs is 1. The lowest BCUT2D eigenvalue weighted by atomic mass is 10.2. The summed E-state index contributed by atoms with van der Waals surface area (Å²) in [5.74, 6) is 0.996. The van der Waals surface area contributed by atoms with Crippen molar-refractivity contribution < 1.29 is 0 Å². The van der Waals surface area contributed by atoms with Crippen LogP contribution in [-0.2, 0) is 0 Å². The number of rotatable bonds is 4. The number of nitrogens with two attached hydrogens (primary N) is 1. The second-order valence-corrected chi connectivity index (χ2v) is 7.75. The molecule has 0 radical (unpaired) electrons. The van der Waals surface area contributed by atoms with Crippen molar-refractivity contribution in [3.8, 4) is 11.8 Å². The first-order valence-corrected chi connectivity index (χ1v) is 10.2. The molecule has 1 aromatic carbocycles. The number of anilines is 2. The van der Waals surface area contributed by atoms with Crippen molar-refractivity contribution in [1.82, 2.24) is 24.5 Å². The van der Waals surface area contributed by atoms with E-state index in [1.165, 1.54) is 10.8 Å². The van der Waals surface area contributed by atoms with Crippen LogP contribution in [0.25, 0.3) is 16.6 Å². The van der Waals surface area contributed by atoms with Gasteiger partial charge in [0.15, 0.2) is 5.82 Å². The van der Waals surface area contributed by atoms with E-state index in [1.807, 2.05) is 6.07 Å². The number of aryl methyl sites for hydroxylation is 1. The maximum atomic E-state index is 13.5. The number of nitriles is 1. The molecule has 9 nitrogen and oxygen atoms in total. The zero-order valence-corrected chi connectivity index (χ0v) is 18.5. The van der Waals surface area contributed by atoms with Gasteiger partial charge in [-0.15, -0.1) is 0 Å². The van der Waals surface area contributed by atoms with Crippen LogP contribution >= 0.6 is 23.2 Å². The van der Waals surface area contributed by atoms with E-state index in [4.69, 9.17) is 28.9 Å². The summed E-state index contributed by atoms with van der Waals surface area (Å²) in [7, 11) is 0. The molecule has 4 rings (SSSR count). The number of aromatic nitrogens is 5. The van der Waals surface area contributed by atoms with E-state index in [-0.39, 0.29) is 38.1 Å². The van der Waals surface area contributed by atoms with Crippen molar-refractivity contribution in [2.75, 3.05) is 11.1 Å². The summed E-state index contributed by atoms with van der Waals surface area (Å²) in [6.07, 6.45) is 3.14. The van der Waals surface area contributed by atoms with Crippen molar-refractivity contribution >= 4 is 45.7 Å². The molecule has 1 atom stereocenters. The minimum atomic E-state index is -0.594. The van der Waals surface area contributed by atoms with E-state index in [9.17, 15) is 10.1 Å². The predicted molar refractivity (Wildman–Crippen MR) is 123 cm³/mol. The van der Waals surface area contributed by atoms with Crippen LogP contribution in [0.3, 0.4) is 0 Å². The fourth-order valence-corrected chi connectivity index (χ4v) is 3.77. The highest BCUT2D eigenvalue weighted by Gasteiger charge is 2.22. The number of halogens is 2. The van der Waals surface area contributed by atoms with Gasteiger partial charge in [-0.25, -0.2) is 15.0 Å². The molecule has 3 N–H and O–H groups in total. The van der Waals surface area contributed by atoms with E-state index < -0.39 is 11.6 Å². The topological polar surface area (TPSA) is 135 Å². The van der Waals surface area contributed by atoms with Crippen LogP contribution in [-0.4, -0.2) is 24.5 Å². The third kappa shape index (κ3) is 3.70. The first-order chi connectivity index (χ1) is 15.3. The van der Waals surface area contributed by atoms with Gasteiger partial charge in [-0.3, -0.25) is 14.3 Å². The molecule has 11 heteroatoms. The van der Waals surface area contributed by atoms with Crippen LogP contribution < -0.4 is 16.6 Å². The Bertz CT molecular complexity index is 1450. The Morgan fingerprint density at radius 3 is 2.62 bits per heavy atom. The molecule has 0 aliphatic carbocycles. The lowest BCUT2D eigenvalue weighted by Gasteiger charge is -2.21. The molecule has 0 amide bonds. The third-order valence-electron chi connectivity index (χ3n) is 4.76. The first-order valence-electron chi connectivity index (χ1n) is 9.43. The summed E-state index contributed by atoms with van der Waals surface area (Å²) in [6.45, 7) is 3.43. The monoisotopic (exact) mass is 466 g/mol. The average Bonchev–Trinajstić information content (AvgIpc) is 2.76. The predicted octanol–water partition coefficient (Wildman–Crippen LogP) is 3.81. The Balaban J connectivity index is 1.97. The van der Waals surface area contributed by atoms with E-state index in [2.05, 4.69) is 25.3 Å². The summed E-state index contributed by atoms with van der Waals surface area (Å²) < 4.78 is 1.40. The molecule has 4 aromatic rings. The van der Waals surface area contributed by atoms with E-state index >= 15 is 0 Å². The standard InChI is InChI=1S/C21H16Cl2N8O/c1-10(27-19-13(8-24)18(25)28-11(2)29-19)20-30-17-15(23)6-5-14(22)16(17)21(32)31(20)12-4-3-7-26-9-12/h3-7,9-10H,1-2H3,(H3,25,27,28,29)/t10-/m0/s1. The summed E-state index contributed by atoms with van der Waals surface area (Å²) in [5, 5.41) is 13.3. The molecule has 32 heavy (non-hydrogen) atoms. The second-order valence-electron chi connectivity index (χ2n) is 6.93.